The predicted octanol–water partition coefficient (Wildman–Crippen LogP) is 1.10. The predicted molar refractivity (Wildman–Crippen MR) is 84.9 cm³/mol. The van der Waals surface area contributed by atoms with Crippen molar-refractivity contribution >= 4 is 17.5 Å². The molecule has 0 aromatic heterocycles. The van der Waals surface area contributed by atoms with Crippen molar-refractivity contribution in [1.29, 1.82) is 0 Å². The molecule has 6 heteroatoms. The molecule has 1 fully saturated rings. The summed E-state index contributed by atoms with van der Waals surface area (Å²) in [6, 6.07) is 7.00. The molecule has 2 rings (SSSR count). The lowest BCUT2D eigenvalue weighted by molar-refractivity contribution is -0.118. The van der Waals surface area contributed by atoms with Crippen LogP contribution in [0.2, 0.25) is 0 Å². The largest absolute Gasteiger partial charge is 0.379 e. The van der Waals surface area contributed by atoms with E-state index in [0.29, 0.717) is 31.0 Å². The van der Waals surface area contributed by atoms with Gasteiger partial charge in [-0.15, -0.1) is 0 Å². The Labute approximate surface area is 130 Å². The number of anilines is 1. The van der Waals surface area contributed by atoms with Crippen LogP contribution in [0.4, 0.5) is 5.69 Å². The summed E-state index contributed by atoms with van der Waals surface area (Å²) in [5.74, 6) is -0.164. The van der Waals surface area contributed by atoms with Crippen molar-refractivity contribution in [2.24, 2.45) is 0 Å². The van der Waals surface area contributed by atoms with Gasteiger partial charge in [-0.25, -0.2) is 0 Å². The molecule has 0 atom stereocenters. The van der Waals surface area contributed by atoms with E-state index in [9.17, 15) is 9.59 Å². The summed E-state index contributed by atoms with van der Waals surface area (Å²) < 4.78 is 5.25. The Bertz CT molecular complexity index is 508. The van der Waals surface area contributed by atoms with Gasteiger partial charge in [0.1, 0.15) is 0 Å². The van der Waals surface area contributed by atoms with Crippen LogP contribution in [0.5, 0.6) is 0 Å². The molecule has 0 bridgehead atoms. The second-order valence-electron chi connectivity index (χ2n) is 5.64. The highest BCUT2D eigenvalue weighted by Gasteiger charge is 2.14. The lowest BCUT2D eigenvalue weighted by atomic mass is 10.2. The van der Waals surface area contributed by atoms with Crippen LogP contribution in [0, 0.1) is 0 Å². The van der Waals surface area contributed by atoms with Crippen molar-refractivity contribution in [3.05, 3.63) is 29.8 Å². The summed E-state index contributed by atoms with van der Waals surface area (Å²) in [4.78, 5) is 25.9. The lowest BCUT2D eigenvalue weighted by Crippen LogP contribution is -2.41. The molecule has 1 aliphatic rings. The van der Waals surface area contributed by atoms with Crippen molar-refractivity contribution in [2.45, 2.75) is 19.9 Å². The van der Waals surface area contributed by atoms with Gasteiger partial charge in [-0.2, -0.15) is 0 Å². The second-order valence-corrected chi connectivity index (χ2v) is 5.64. The molecule has 2 N–H and O–H groups in total. The fourth-order valence-corrected chi connectivity index (χ4v) is 2.21. The molecular weight excluding hydrogens is 282 g/mol. The molecule has 2 amide bonds. The molecule has 0 unspecified atom stereocenters. The number of carbonyl (C=O) groups excluding carboxylic acids is 2. The SMILES string of the molecule is CC(C)NC(=O)c1ccc(NC(=O)CN2CCOCC2)cc1. The number of nitrogens with one attached hydrogen (secondary N) is 2. The number of ether oxygens (including phenoxy) is 1. The molecule has 22 heavy (non-hydrogen) atoms. The van der Waals surface area contributed by atoms with Gasteiger partial charge in [0.2, 0.25) is 5.91 Å². The van der Waals surface area contributed by atoms with Crippen LogP contribution in [-0.4, -0.2) is 55.6 Å². The Hall–Kier alpha value is -1.92. The van der Waals surface area contributed by atoms with Crippen molar-refractivity contribution < 1.29 is 14.3 Å². The standard InChI is InChI=1S/C16H23N3O3/c1-12(2)17-16(21)13-3-5-14(6-4-13)18-15(20)11-19-7-9-22-10-8-19/h3-6,12H,7-11H2,1-2H3,(H,17,21)(H,18,20). The molecule has 0 aliphatic carbocycles. The summed E-state index contributed by atoms with van der Waals surface area (Å²) in [5, 5.41) is 5.67. The molecular formula is C16H23N3O3. The van der Waals surface area contributed by atoms with Crippen molar-refractivity contribution in [2.75, 3.05) is 38.2 Å². The highest BCUT2D eigenvalue weighted by Crippen LogP contribution is 2.10. The van der Waals surface area contributed by atoms with Crippen LogP contribution < -0.4 is 10.6 Å². The number of hydrogen-bond donors (Lipinski definition) is 2. The Morgan fingerprint density at radius 1 is 1.18 bits per heavy atom. The van der Waals surface area contributed by atoms with Gasteiger partial charge in [0.25, 0.3) is 5.91 Å². The lowest BCUT2D eigenvalue weighted by Gasteiger charge is -2.25. The minimum absolute atomic E-state index is 0.0544. The fourth-order valence-electron chi connectivity index (χ4n) is 2.21. The monoisotopic (exact) mass is 305 g/mol. The van der Waals surface area contributed by atoms with Crippen LogP contribution in [-0.2, 0) is 9.53 Å². The number of carbonyl (C=O) groups is 2. The molecule has 6 nitrogen and oxygen atoms in total. The number of rotatable bonds is 5. The van der Waals surface area contributed by atoms with E-state index >= 15 is 0 Å². The van der Waals surface area contributed by atoms with Gasteiger partial charge in [-0.05, 0) is 38.1 Å². The molecule has 120 valence electrons. The van der Waals surface area contributed by atoms with Crippen LogP contribution >= 0.6 is 0 Å². The Morgan fingerprint density at radius 3 is 2.41 bits per heavy atom. The molecule has 1 heterocycles. The molecule has 0 saturated carbocycles. The summed E-state index contributed by atoms with van der Waals surface area (Å²) in [5.41, 5.74) is 1.28. The highest BCUT2D eigenvalue weighted by molar-refractivity contribution is 5.96. The van der Waals surface area contributed by atoms with E-state index < -0.39 is 0 Å². The van der Waals surface area contributed by atoms with Gasteiger partial charge in [-0.3, -0.25) is 14.5 Å². The van der Waals surface area contributed by atoms with E-state index in [1.54, 1.807) is 24.3 Å². The van der Waals surface area contributed by atoms with Crippen LogP contribution in [0.15, 0.2) is 24.3 Å². The second kappa shape index (κ2) is 7.91. The van der Waals surface area contributed by atoms with E-state index in [-0.39, 0.29) is 17.9 Å². The number of nitrogens with zero attached hydrogens (tertiary/aromatic N) is 1. The number of morpholine rings is 1. The maximum Gasteiger partial charge on any atom is 0.251 e. The van der Waals surface area contributed by atoms with E-state index in [1.807, 2.05) is 13.8 Å². The number of amides is 2. The average Bonchev–Trinajstić information content (AvgIpc) is 2.48. The molecule has 1 aliphatic heterocycles. The Balaban J connectivity index is 1.85. The number of hydrogen-bond acceptors (Lipinski definition) is 4. The first-order valence-electron chi connectivity index (χ1n) is 7.55. The first kappa shape index (κ1) is 16.5. The summed E-state index contributed by atoms with van der Waals surface area (Å²) in [6.07, 6.45) is 0. The van der Waals surface area contributed by atoms with E-state index in [1.165, 1.54) is 0 Å². The summed E-state index contributed by atoms with van der Waals surface area (Å²) in [7, 11) is 0. The minimum Gasteiger partial charge on any atom is -0.379 e. The van der Waals surface area contributed by atoms with Gasteiger partial charge in [0.15, 0.2) is 0 Å². The summed E-state index contributed by atoms with van der Waals surface area (Å²) >= 11 is 0. The zero-order chi connectivity index (χ0) is 15.9. The van der Waals surface area contributed by atoms with Crippen LogP contribution in [0.1, 0.15) is 24.2 Å². The molecule has 0 spiro atoms. The first-order valence-corrected chi connectivity index (χ1v) is 7.55. The Morgan fingerprint density at radius 2 is 1.82 bits per heavy atom. The summed E-state index contributed by atoms with van der Waals surface area (Å²) in [6.45, 7) is 7.10. The normalized spacial score (nSPS) is 15.6. The fraction of sp³-hybridized carbons (Fsp3) is 0.500. The maximum absolute atomic E-state index is 12.0. The van der Waals surface area contributed by atoms with Crippen LogP contribution in [0.25, 0.3) is 0 Å². The first-order chi connectivity index (χ1) is 10.5. The van der Waals surface area contributed by atoms with E-state index in [2.05, 4.69) is 15.5 Å². The van der Waals surface area contributed by atoms with E-state index in [0.717, 1.165) is 13.1 Å². The zero-order valence-electron chi connectivity index (χ0n) is 13.1. The van der Waals surface area contributed by atoms with Gasteiger partial charge in [0.05, 0.1) is 19.8 Å². The maximum atomic E-state index is 12.0. The smallest absolute Gasteiger partial charge is 0.251 e. The van der Waals surface area contributed by atoms with Gasteiger partial charge >= 0.3 is 0 Å². The Kier molecular flexibility index (Phi) is 5.91. The average molecular weight is 305 g/mol. The number of benzene rings is 1. The molecule has 0 radical (unpaired) electrons. The van der Waals surface area contributed by atoms with Gasteiger partial charge in [0, 0.05) is 30.4 Å². The third-order valence-corrected chi connectivity index (χ3v) is 3.32. The van der Waals surface area contributed by atoms with Crippen molar-refractivity contribution in [3.8, 4) is 0 Å². The van der Waals surface area contributed by atoms with Gasteiger partial charge in [-0.1, -0.05) is 0 Å². The third-order valence-electron chi connectivity index (χ3n) is 3.32. The quantitative estimate of drug-likeness (QED) is 0.854. The minimum atomic E-state index is -0.110. The van der Waals surface area contributed by atoms with Crippen molar-refractivity contribution in [1.82, 2.24) is 10.2 Å². The topological polar surface area (TPSA) is 70.7 Å². The third kappa shape index (κ3) is 5.13. The van der Waals surface area contributed by atoms with E-state index in [4.69, 9.17) is 4.74 Å². The van der Waals surface area contributed by atoms with Crippen molar-refractivity contribution in [3.63, 3.8) is 0 Å². The zero-order valence-corrected chi connectivity index (χ0v) is 13.1. The highest BCUT2D eigenvalue weighted by atomic mass is 16.5. The molecule has 1 aromatic carbocycles. The van der Waals surface area contributed by atoms with Crippen LogP contribution in [0.3, 0.4) is 0 Å². The van der Waals surface area contributed by atoms with Gasteiger partial charge < -0.3 is 15.4 Å². The molecule has 1 aromatic rings. The molecule has 1 saturated heterocycles.